The molecule has 1 aromatic carbocycles. The number of hydrogen-bond acceptors (Lipinski definition) is 3. The zero-order valence-electron chi connectivity index (χ0n) is 12.3. The Hall–Kier alpha value is -1.20. The van der Waals surface area contributed by atoms with Gasteiger partial charge in [0.1, 0.15) is 0 Å². The van der Waals surface area contributed by atoms with Crippen molar-refractivity contribution in [1.29, 1.82) is 0 Å². The molecule has 1 aliphatic heterocycles. The SMILES string of the molecule is CC(c1ccc(S(C)=O)cc1)N(C)C(=O)C1CCNC1. The number of hydrogen-bond donors (Lipinski definition) is 1. The van der Waals surface area contributed by atoms with Gasteiger partial charge in [0, 0.05) is 35.5 Å². The van der Waals surface area contributed by atoms with Gasteiger partial charge in [0.15, 0.2) is 0 Å². The van der Waals surface area contributed by atoms with Crippen molar-refractivity contribution < 1.29 is 9.00 Å². The molecule has 0 bridgehead atoms. The van der Waals surface area contributed by atoms with Crippen molar-refractivity contribution in [2.24, 2.45) is 5.92 Å². The zero-order valence-corrected chi connectivity index (χ0v) is 13.1. The van der Waals surface area contributed by atoms with Gasteiger partial charge in [-0.3, -0.25) is 9.00 Å². The van der Waals surface area contributed by atoms with Crippen molar-refractivity contribution in [3.63, 3.8) is 0 Å². The molecule has 0 aromatic heterocycles. The van der Waals surface area contributed by atoms with Gasteiger partial charge in [-0.1, -0.05) is 12.1 Å². The fourth-order valence-corrected chi connectivity index (χ4v) is 3.03. The number of nitrogens with zero attached hydrogens (tertiary/aromatic N) is 1. The average molecular weight is 294 g/mol. The Morgan fingerprint density at radius 1 is 1.40 bits per heavy atom. The highest BCUT2D eigenvalue weighted by molar-refractivity contribution is 7.84. The lowest BCUT2D eigenvalue weighted by Gasteiger charge is -2.27. The van der Waals surface area contributed by atoms with Gasteiger partial charge in [0.05, 0.1) is 12.0 Å². The van der Waals surface area contributed by atoms with Crippen LogP contribution in [-0.2, 0) is 15.6 Å². The second-order valence-electron chi connectivity index (χ2n) is 5.34. The Morgan fingerprint density at radius 2 is 2.05 bits per heavy atom. The number of rotatable bonds is 4. The quantitative estimate of drug-likeness (QED) is 0.916. The van der Waals surface area contributed by atoms with E-state index in [-0.39, 0.29) is 17.9 Å². The van der Waals surface area contributed by atoms with E-state index in [4.69, 9.17) is 0 Å². The largest absolute Gasteiger partial charge is 0.339 e. The number of carbonyl (C=O) groups is 1. The van der Waals surface area contributed by atoms with Crippen LogP contribution in [0.4, 0.5) is 0 Å². The van der Waals surface area contributed by atoms with Gasteiger partial charge >= 0.3 is 0 Å². The van der Waals surface area contributed by atoms with Gasteiger partial charge in [-0.05, 0) is 37.6 Å². The molecule has 1 aliphatic rings. The molecule has 1 aromatic rings. The maximum Gasteiger partial charge on any atom is 0.227 e. The lowest BCUT2D eigenvalue weighted by atomic mass is 10.0. The fraction of sp³-hybridized carbons (Fsp3) is 0.533. The lowest BCUT2D eigenvalue weighted by Crippen LogP contribution is -2.35. The highest BCUT2D eigenvalue weighted by Gasteiger charge is 2.27. The summed E-state index contributed by atoms with van der Waals surface area (Å²) in [7, 11) is 0.898. The maximum absolute atomic E-state index is 12.4. The van der Waals surface area contributed by atoms with Crippen LogP contribution in [0.5, 0.6) is 0 Å². The maximum atomic E-state index is 12.4. The van der Waals surface area contributed by atoms with E-state index >= 15 is 0 Å². The van der Waals surface area contributed by atoms with Crippen LogP contribution in [0, 0.1) is 5.92 Å². The minimum absolute atomic E-state index is 0.0300. The Labute approximate surface area is 123 Å². The van der Waals surface area contributed by atoms with Crippen molar-refractivity contribution in [2.45, 2.75) is 24.3 Å². The summed E-state index contributed by atoms with van der Waals surface area (Å²) in [5, 5.41) is 3.23. The molecule has 1 amide bonds. The van der Waals surface area contributed by atoms with Crippen LogP contribution < -0.4 is 5.32 Å². The predicted molar refractivity (Wildman–Crippen MR) is 80.9 cm³/mol. The van der Waals surface area contributed by atoms with E-state index < -0.39 is 10.8 Å². The zero-order chi connectivity index (χ0) is 14.7. The summed E-state index contributed by atoms with van der Waals surface area (Å²) in [5.74, 6) is 0.301. The summed E-state index contributed by atoms with van der Waals surface area (Å²) < 4.78 is 11.4. The van der Waals surface area contributed by atoms with Crippen LogP contribution in [0.25, 0.3) is 0 Å². The van der Waals surface area contributed by atoms with E-state index in [1.165, 1.54) is 0 Å². The summed E-state index contributed by atoms with van der Waals surface area (Å²) in [6.45, 7) is 3.73. The van der Waals surface area contributed by atoms with E-state index in [0.717, 1.165) is 30.0 Å². The van der Waals surface area contributed by atoms with E-state index in [9.17, 15) is 9.00 Å². The van der Waals surface area contributed by atoms with Gasteiger partial charge in [0.25, 0.3) is 0 Å². The third-order valence-corrected chi connectivity index (χ3v) is 4.97. The van der Waals surface area contributed by atoms with E-state index in [2.05, 4.69) is 5.32 Å². The number of amides is 1. The van der Waals surface area contributed by atoms with Crippen molar-refractivity contribution in [1.82, 2.24) is 10.2 Å². The molecule has 0 spiro atoms. The summed E-state index contributed by atoms with van der Waals surface area (Å²) in [6, 6.07) is 7.69. The Morgan fingerprint density at radius 3 is 2.55 bits per heavy atom. The molecule has 20 heavy (non-hydrogen) atoms. The van der Waals surface area contributed by atoms with Crippen LogP contribution in [0.3, 0.4) is 0 Å². The molecule has 1 N–H and O–H groups in total. The first-order chi connectivity index (χ1) is 9.50. The molecule has 4 nitrogen and oxygen atoms in total. The highest BCUT2D eigenvalue weighted by Crippen LogP contribution is 2.23. The van der Waals surface area contributed by atoms with Crippen LogP contribution in [0.2, 0.25) is 0 Å². The van der Waals surface area contributed by atoms with Crippen LogP contribution in [0.15, 0.2) is 29.2 Å². The van der Waals surface area contributed by atoms with E-state index in [0.29, 0.717) is 0 Å². The normalized spacial score (nSPS) is 21.4. The van der Waals surface area contributed by atoms with E-state index in [1.54, 1.807) is 6.26 Å². The Bertz CT molecular complexity index is 495. The molecule has 2 rings (SSSR count). The topological polar surface area (TPSA) is 49.4 Å². The van der Waals surface area contributed by atoms with Crippen LogP contribution >= 0.6 is 0 Å². The molecule has 110 valence electrons. The third-order valence-electron chi connectivity index (χ3n) is 4.03. The molecule has 3 unspecified atom stereocenters. The van der Waals surface area contributed by atoms with Crippen molar-refractivity contribution in [3.8, 4) is 0 Å². The molecular formula is C15H22N2O2S. The van der Waals surface area contributed by atoms with Gasteiger partial charge < -0.3 is 10.2 Å². The first-order valence-electron chi connectivity index (χ1n) is 6.91. The monoisotopic (exact) mass is 294 g/mol. The van der Waals surface area contributed by atoms with Gasteiger partial charge in [-0.15, -0.1) is 0 Å². The lowest BCUT2D eigenvalue weighted by molar-refractivity contribution is -0.135. The smallest absolute Gasteiger partial charge is 0.227 e. The van der Waals surface area contributed by atoms with Crippen molar-refractivity contribution in [2.75, 3.05) is 26.4 Å². The fourth-order valence-electron chi connectivity index (χ4n) is 2.51. The highest BCUT2D eigenvalue weighted by atomic mass is 32.2. The molecule has 5 heteroatoms. The number of carbonyl (C=O) groups excluding carboxylic acids is 1. The van der Waals surface area contributed by atoms with Gasteiger partial charge in [-0.2, -0.15) is 0 Å². The van der Waals surface area contributed by atoms with Crippen LogP contribution in [-0.4, -0.2) is 41.4 Å². The van der Waals surface area contributed by atoms with E-state index in [1.807, 2.05) is 43.1 Å². The Kier molecular flexibility index (Phi) is 4.94. The summed E-state index contributed by atoms with van der Waals surface area (Å²) in [6.07, 6.45) is 2.59. The first-order valence-corrected chi connectivity index (χ1v) is 8.47. The van der Waals surface area contributed by atoms with Crippen LogP contribution in [0.1, 0.15) is 24.9 Å². The minimum Gasteiger partial charge on any atom is -0.339 e. The number of nitrogens with one attached hydrogen (secondary N) is 1. The molecular weight excluding hydrogens is 272 g/mol. The molecule has 1 fully saturated rings. The summed E-state index contributed by atoms with van der Waals surface area (Å²) in [5.41, 5.74) is 1.07. The standard InChI is InChI=1S/C15H22N2O2S/c1-11(12-4-6-14(7-5-12)20(3)19)17(2)15(18)13-8-9-16-10-13/h4-7,11,13,16H,8-10H2,1-3H3. The molecule has 1 saturated heterocycles. The van der Waals surface area contributed by atoms with Gasteiger partial charge in [0.2, 0.25) is 5.91 Å². The molecule has 0 aliphatic carbocycles. The Balaban J connectivity index is 2.07. The summed E-state index contributed by atoms with van der Waals surface area (Å²) >= 11 is 0. The first kappa shape index (κ1) is 15.2. The third kappa shape index (κ3) is 3.27. The van der Waals surface area contributed by atoms with Crippen molar-refractivity contribution >= 4 is 16.7 Å². The second-order valence-corrected chi connectivity index (χ2v) is 6.72. The predicted octanol–water partition coefficient (Wildman–Crippen LogP) is 1.55. The van der Waals surface area contributed by atoms with Crippen molar-refractivity contribution in [3.05, 3.63) is 29.8 Å². The molecule has 0 saturated carbocycles. The summed E-state index contributed by atoms with van der Waals surface area (Å²) in [4.78, 5) is 15.0. The molecule has 0 radical (unpaired) electrons. The minimum atomic E-state index is -0.961. The average Bonchev–Trinajstić information content (AvgIpc) is 2.99. The molecule has 1 heterocycles. The van der Waals surface area contributed by atoms with Gasteiger partial charge in [-0.25, -0.2) is 0 Å². The number of benzene rings is 1. The molecule has 3 atom stereocenters. The second kappa shape index (κ2) is 6.50.